The number of hydrogen-bond donors (Lipinski definition) is 2. The predicted octanol–water partition coefficient (Wildman–Crippen LogP) is -0.216. The van der Waals surface area contributed by atoms with Crippen LogP contribution in [0.3, 0.4) is 0 Å². The fourth-order valence-electron chi connectivity index (χ4n) is 1.80. The van der Waals surface area contributed by atoms with Gasteiger partial charge in [0.05, 0.1) is 18.8 Å². The molecule has 2 rings (SSSR count). The topological polar surface area (TPSA) is 139 Å². The van der Waals surface area contributed by atoms with Crippen molar-refractivity contribution in [3.8, 4) is 0 Å². The first-order valence-electron chi connectivity index (χ1n) is 5.69. The molecule has 2 heterocycles. The second-order valence-electron chi connectivity index (χ2n) is 3.86. The minimum absolute atomic E-state index is 0.0354. The van der Waals surface area contributed by atoms with Crippen LogP contribution >= 0.6 is 0 Å². The number of anilines is 1. The lowest BCUT2D eigenvalue weighted by Crippen LogP contribution is -2.27. The molecule has 1 saturated heterocycles. The molecule has 0 spiro atoms. The Morgan fingerprint density at radius 1 is 1.89 bits per heavy atom. The quantitative estimate of drug-likeness (QED) is 0.434. The van der Waals surface area contributed by atoms with Crippen molar-refractivity contribution in [3.05, 3.63) is 33.2 Å². The Morgan fingerprint density at radius 2 is 2.72 bits per heavy atom. The van der Waals surface area contributed by atoms with Crippen molar-refractivity contribution in [1.29, 1.82) is 1.43 Å². The predicted molar refractivity (Wildman–Crippen MR) is 61.5 cm³/mol. The molecule has 0 saturated carbocycles. The monoisotopic (exact) mass is 253 g/mol. The molecule has 3 N–H and O–H groups in total. The lowest BCUT2D eigenvalue weighted by atomic mass is 10.2. The van der Waals surface area contributed by atoms with Gasteiger partial charge in [0.2, 0.25) is 1.43 Å². The van der Waals surface area contributed by atoms with Gasteiger partial charge in [-0.2, -0.15) is 4.98 Å². The van der Waals surface area contributed by atoms with E-state index < -0.39 is 24.1 Å². The Kier molecular flexibility index (Phi) is 3.09. The van der Waals surface area contributed by atoms with Gasteiger partial charge in [0.25, 0.3) is 0 Å². The molecule has 1 aliphatic heterocycles. The van der Waals surface area contributed by atoms with Crippen LogP contribution < -0.4 is 11.4 Å². The van der Waals surface area contributed by atoms with E-state index in [9.17, 15) is 4.79 Å². The third-order valence-electron chi connectivity index (χ3n) is 2.67. The molecular formula is C9H12N6O3. The highest BCUT2D eigenvalue weighted by atomic mass is 16.5. The van der Waals surface area contributed by atoms with Crippen molar-refractivity contribution >= 4 is 5.82 Å². The second kappa shape index (κ2) is 5.05. The van der Waals surface area contributed by atoms with Crippen LogP contribution in [0, 0.1) is 0 Å². The summed E-state index contributed by atoms with van der Waals surface area (Å²) < 4.78 is 13.8. The summed E-state index contributed by atoms with van der Waals surface area (Å²) in [5.74, 6) is 0.123. The van der Waals surface area contributed by atoms with E-state index in [1.54, 1.807) is 0 Å². The van der Waals surface area contributed by atoms with Crippen molar-refractivity contribution in [2.24, 2.45) is 5.11 Å². The fourth-order valence-corrected chi connectivity index (χ4v) is 1.80. The molecule has 0 bridgehead atoms. The molecule has 0 radical (unpaired) electrons. The number of nitrogen functional groups attached to an aromatic ring is 1. The standard InChI is InChI=1S/C9H12N6O3/c10-7-1-2-15(9(17)13-7)8-3-5(16)6(18-8)4-12-14-11/h1-2,5-6,8,16H,3-4H2,(H2,10,13,17)/t5?,6-,8-/m1/s1/i16D. The molecule has 9 nitrogen and oxygen atoms in total. The average molecular weight is 253 g/mol. The second-order valence-corrected chi connectivity index (χ2v) is 3.86. The van der Waals surface area contributed by atoms with Crippen molar-refractivity contribution in [2.45, 2.75) is 24.9 Å². The third-order valence-corrected chi connectivity index (χ3v) is 2.67. The van der Waals surface area contributed by atoms with Gasteiger partial charge in [0.15, 0.2) is 0 Å². The Balaban J connectivity index is 2.18. The number of nitrogens with two attached hydrogens (primary N) is 1. The van der Waals surface area contributed by atoms with Gasteiger partial charge >= 0.3 is 5.69 Å². The molecule has 0 aliphatic carbocycles. The van der Waals surface area contributed by atoms with E-state index in [0.717, 1.165) is 0 Å². The van der Waals surface area contributed by atoms with Gasteiger partial charge in [-0.05, 0) is 11.6 Å². The largest absolute Gasteiger partial charge is 0.390 e. The first kappa shape index (κ1) is 11.0. The van der Waals surface area contributed by atoms with E-state index in [0.29, 0.717) is 6.42 Å². The SMILES string of the molecule is [2H]OC1C[C@H](n2ccc(N)nc2=O)O[C@@H]1CN=[N+]=[N-]. The smallest absolute Gasteiger partial charge is 0.351 e. The Morgan fingerprint density at radius 3 is 3.39 bits per heavy atom. The first-order chi connectivity index (χ1) is 9.15. The molecule has 1 unspecified atom stereocenters. The van der Waals surface area contributed by atoms with Gasteiger partial charge in [-0.1, -0.05) is 5.11 Å². The molecule has 96 valence electrons. The maximum Gasteiger partial charge on any atom is 0.351 e. The number of rotatable bonds is 4. The van der Waals surface area contributed by atoms with E-state index in [2.05, 4.69) is 20.1 Å². The van der Waals surface area contributed by atoms with Crippen molar-refractivity contribution < 1.29 is 9.85 Å². The highest BCUT2D eigenvalue weighted by Crippen LogP contribution is 2.27. The summed E-state index contributed by atoms with van der Waals surface area (Å²) in [5.41, 5.74) is 13.1. The van der Waals surface area contributed by atoms with Crippen LogP contribution in [0.1, 0.15) is 12.6 Å². The molecule has 1 aromatic heterocycles. The van der Waals surface area contributed by atoms with Crippen LogP contribution in [0.5, 0.6) is 0 Å². The van der Waals surface area contributed by atoms with Gasteiger partial charge in [-0.15, -0.1) is 0 Å². The molecule has 0 aromatic carbocycles. The van der Waals surface area contributed by atoms with E-state index in [4.69, 9.17) is 17.4 Å². The summed E-state index contributed by atoms with van der Waals surface area (Å²) in [6.07, 6.45) is 0.00467. The Hall–Kier alpha value is -2.09. The maximum absolute atomic E-state index is 11.7. The van der Waals surface area contributed by atoms with Gasteiger partial charge < -0.3 is 15.6 Å². The van der Waals surface area contributed by atoms with Crippen molar-refractivity contribution in [3.63, 3.8) is 0 Å². The molecule has 1 fully saturated rings. The van der Waals surface area contributed by atoms with E-state index in [1.165, 1.54) is 16.8 Å². The highest BCUT2D eigenvalue weighted by molar-refractivity contribution is 5.23. The van der Waals surface area contributed by atoms with E-state index in [1.807, 2.05) is 0 Å². The molecule has 1 aliphatic rings. The fraction of sp³-hybridized carbons (Fsp3) is 0.556. The zero-order chi connectivity index (χ0) is 13.8. The summed E-state index contributed by atoms with van der Waals surface area (Å²) in [5, 5.41) is 7.90. The van der Waals surface area contributed by atoms with Gasteiger partial charge in [0.1, 0.15) is 12.0 Å². The first-order valence-corrected chi connectivity index (χ1v) is 5.28. The summed E-state index contributed by atoms with van der Waals surface area (Å²) in [6.45, 7) is 0.0354. The van der Waals surface area contributed by atoms with Crippen molar-refractivity contribution in [1.82, 2.24) is 9.55 Å². The lowest BCUT2D eigenvalue weighted by Gasteiger charge is -2.14. The van der Waals surface area contributed by atoms with Gasteiger partial charge in [-0.25, -0.2) is 4.79 Å². The number of aromatic nitrogens is 2. The van der Waals surface area contributed by atoms with Crippen LogP contribution in [0.25, 0.3) is 10.4 Å². The van der Waals surface area contributed by atoms with Crippen LogP contribution in [0.2, 0.25) is 0 Å². The van der Waals surface area contributed by atoms with Crippen LogP contribution in [0.4, 0.5) is 5.82 Å². The molecule has 18 heavy (non-hydrogen) atoms. The molecule has 9 heteroatoms. The molecule has 3 atom stereocenters. The summed E-state index contributed by atoms with van der Waals surface area (Å²) >= 11 is 0. The minimum Gasteiger partial charge on any atom is -0.390 e. The summed E-state index contributed by atoms with van der Waals surface area (Å²) in [7, 11) is 0. The molecular weight excluding hydrogens is 240 g/mol. The Bertz CT molecular complexity index is 557. The van der Waals surface area contributed by atoms with Crippen molar-refractivity contribution in [2.75, 3.05) is 12.3 Å². The van der Waals surface area contributed by atoms with E-state index >= 15 is 0 Å². The van der Waals surface area contributed by atoms with Gasteiger partial charge in [0, 0.05) is 17.5 Å². The number of aliphatic hydroxyl groups is 1. The minimum atomic E-state index is -0.616. The number of nitrogens with zero attached hydrogens (tertiary/aromatic N) is 5. The number of aliphatic hydroxyl groups excluding tert-OH is 1. The molecule has 0 amide bonds. The normalized spacial score (nSPS) is 27.6. The summed E-state index contributed by atoms with van der Waals surface area (Å²) in [6, 6.07) is 1.47. The van der Waals surface area contributed by atoms with E-state index in [-0.39, 0.29) is 12.4 Å². The lowest BCUT2D eigenvalue weighted by molar-refractivity contribution is -0.0149. The van der Waals surface area contributed by atoms with Crippen LogP contribution in [0.15, 0.2) is 22.2 Å². The Labute approximate surface area is 103 Å². The maximum atomic E-state index is 11.7. The third kappa shape index (κ3) is 2.43. The number of hydrogen-bond acceptors (Lipinski definition) is 6. The summed E-state index contributed by atoms with van der Waals surface area (Å²) in [4.78, 5) is 17.9. The van der Waals surface area contributed by atoms with Gasteiger partial charge in [-0.3, -0.25) is 4.57 Å². The zero-order valence-electron chi connectivity index (χ0n) is 10.3. The van der Waals surface area contributed by atoms with Crippen LogP contribution in [-0.2, 0) is 4.74 Å². The number of azide groups is 1. The molecule has 1 aromatic rings. The highest BCUT2D eigenvalue weighted by Gasteiger charge is 2.34. The average Bonchev–Trinajstić information content (AvgIpc) is 2.79. The zero-order valence-corrected chi connectivity index (χ0v) is 9.34. The number of ether oxygens (including phenoxy) is 1. The van der Waals surface area contributed by atoms with Crippen LogP contribution in [-0.4, -0.2) is 34.8 Å².